The molecule has 17 heteroatoms. The Bertz CT molecular complexity index is 1140. The predicted molar refractivity (Wildman–Crippen MR) is 134 cm³/mol. The molecular weight excluding hydrogens is 580 g/mol. The number of carboxylic acid groups (broad SMARTS) is 2. The number of nitrogens with zero attached hydrogens (tertiary/aromatic N) is 4. The van der Waals surface area contributed by atoms with Crippen molar-refractivity contribution >= 4 is 17.8 Å². The molecule has 2 aromatic rings. The molecule has 4 rings (SSSR count). The second-order valence-corrected chi connectivity index (χ2v) is 9.32. The number of hydrogen-bond donors (Lipinski definition) is 3. The number of aromatic nitrogens is 2. The number of carboxylic acids is 2. The molecule has 0 saturated carbocycles. The molecule has 3 N–H and O–H groups in total. The first kappa shape index (κ1) is 34.5. The molecule has 0 aliphatic carbocycles. The fraction of sp³-hybridized carbons (Fsp3) is 0.520. The van der Waals surface area contributed by atoms with Gasteiger partial charge in [0.25, 0.3) is 0 Å². The van der Waals surface area contributed by atoms with E-state index in [0.29, 0.717) is 19.7 Å². The molecule has 234 valence electrons. The largest absolute Gasteiger partial charge is 0.490 e. The van der Waals surface area contributed by atoms with Crippen LogP contribution in [-0.2, 0) is 32.1 Å². The summed E-state index contributed by atoms with van der Waals surface area (Å²) in [5.74, 6) is -5.45. The molecule has 0 spiro atoms. The van der Waals surface area contributed by atoms with Gasteiger partial charge >= 0.3 is 24.3 Å². The summed E-state index contributed by atoms with van der Waals surface area (Å²) in [6.45, 7) is 6.26. The number of alkyl halides is 6. The van der Waals surface area contributed by atoms with Crippen molar-refractivity contribution in [2.45, 2.75) is 31.4 Å². The first-order chi connectivity index (χ1) is 19.6. The molecule has 42 heavy (non-hydrogen) atoms. The zero-order valence-electron chi connectivity index (χ0n) is 22.5. The Morgan fingerprint density at radius 1 is 0.976 bits per heavy atom. The fourth-order valence-corrected chi connectivity index (χ4v) is 3.81. The topological polar surface area (TPSA) is 137 Å². The van der Waals surface area contributed by atoms with E-state index in [1.54, 1.807) is 0 Å². The van der Waals surface area contributed by atoms with Gasteiger partial charge in [-0.05, 0) is 24.6 Å². The van der Waals surface area contributed by atoms with E-state index in [1.807, 2.05) is 22.9 Å². The highest BCUT2D eigenvalue weighted by Crippen LogP contribution is 2.25. The number of carbonyl (C=O) groups excluding carboxylic acids is 1. The van der Waals surface area contributed by atoms with E-state index in [9.17, 15) is 31.1 Å². The molecule has 1 saturated heterocycles. The van der Waals surface area contributed by atoms with Crippen LogP contribution in [-0.4, -0.2) is 113 Å². The Morgan fingerprint density at radius 3 is 2.05 bits per heavy atom. The zero-order chi connectivity index (χ0) is 31.5. The third-order valence-corrected chi connectivity index (χ3v) is 5.99. The summed E-state index contributed by atoms with van der Waals surface area (Å²) >= 11 is 0. The van der Waals surface area contributed by atoms with Crippen molar-refractivity contribution in [1.29, 1.82) is 0 Å². The number of hydrogen-bond acceptors (Lipinski definition) is 7. The van der Waals surface area contributed by atoms with E-state index in [0.717, 1.165) is 44.8 Å². The van der Waals surface area contributed by atoms with E-state index < -0.39 is 24.3 Å². The van der Waals surface area contributed by atoms with Crippen molar-refractivity contribution in [1.82, 2.24) is 24.9 Å². The Balaban J connectivity index is 0.000000367. The van der Waals surface area contributed by atoms with Gasteiger partial charge in [0.2, 0.25) is 5.91 Å². The molecule has 1 aromatic heterocycles. The molecule has 1 aromatic carbocycles. The minimum Gasteiger partial charge on any atom is -0.475 e. The number of aliphatic carboxylic acids is 2. The minimum atomic E-state index is -5.08. The van der Waals surface area contributed by atoms with Crippen molar-refractivity contribution in [3.63, 3.8) is 0 Å². The van der Waals surface area contributed by atoms with Gasteiger partial charge in [-0.1, -0.05) is 30.3 Å². The molecule has 0 radical (unpaired) electrons. The average Bonchev–Trinajstić information content (AvgIpc) is 3.32. The Morgan fingerprint density at radius 2 is 1.52 bits per heavy atom. The van der Waals surface area contributed by atoms with Gasteiger partial charge in [-0.15, -0.1) is 0 Å². The molecule has 2 aliphatic heterocycles. The smallest absolute Gasteiger partial charge is 0.475 e. The lowest BCUT2D eigenvalue weighted by atomic mass is 10.1. The van der Waals surface area contributed by atoms with Crippen molar-refractivity contribution in [3.05, 3.63) is 53.3 Å². The van der Waals surface area contributed by atoms with E-state index in [4.69, 9.17) is 29.6 Å². The second kappa shape index (κ2) is 15.5. The maximum Gasteiger partial charge on any atom is 0.490 e. The van der Waals surface area contributed by atoms with Crippen LogP contribution >= 0.6 is 0 Å². The maximum atomic E-state index is 12.3. The summed E-state index contributed by atoms with van der Waals surface area (Å²) in [6.07, 6.45) is -7.35. The van der Waals surface area contributed by atoms with Crippen LogP contribution < -0.4 is 5.32 Å². The second-order valence-electron chi connectivity index (χ2n) is 9.32. The molecule has 0 bridgehead atoms. The summed E-state index contributed by atoms with van der Waals surface area (Å²) in [5.41, 5.74) is 3.41. The number of ether oxygens (including phenoxy) is 1. The number of rotatable bonds is 6. The van der Waals surface area contributed by atoms with Gasteiger partial charge in [0.1, 0.15) is 6.10 Å². The zero-order valence-corrected chi connectivity index (χ0v) is 22.5. The standard InChI is InChI=1S/C21H29N5O2.2C2HF3O2/c1-24-8-10-25(11-9-24)16-20(27)22-13-19-21-18(7-12-28-19)15-26(23-21)14-17-5-3-2-4-6-17;2*3-2(4,5)1(6)7/h2-6,15,19H,7-14,16H2,1H3,(H,22,27);2*(H,6,7). The minimum absolute atomic E-state index is 0.0593. The Labute approximate surface area is 236 Å². The van der Waals surface area contributed by atoms with Crippen LogP contribution in [0.15, 0.2) is 36.5 Å². The number of halogens is 6. The fourth-order valence-electron chi connectivity index (χ4n) is 3.81. The lowest BCUT2D eigenvalue weighted by molar-refractivity contribution is -0.193. The lowest BCUT2D eigenvalue weighted by Crippen LogP contribution is -2.48. The third-order valence-electron chi connectivity index (χ3n) is 5.99. The van der Waals surface area contributed by atoms with Crippen LogP contribution in [0.4, 0.5) is 26.3 Å². The van der Waals surface area contributed by atoms with Crippen molar-refractivity contribution in [2.24, 2.45) is 0 Å². The van der Waals surface area contributed by atoms with E-state index in [2.05, 4.69) is 40.5 Å². The summed E-state index contributed by atoms with van der Waals surface area (Å²) in [7, 11) is 2.12. The van der Waals surface area contributed by atoms with Crippen LogP contribution in [0.25, 0.3) is 0 Å². The average molecular weight is 612 g/mol. The number of carbonyl (C=O) groups is 3. The SMILES string of the molecule is CN1CCN(CC(=O)NCC2OCCc3cn(Cc4ccccc4)nc32)CC1.O=C(O)C(F)(F)F.O=C(O)C(F)(F)F. The van der Waals surface area contributed by atoms with Crippen molar-refractivity contribution in [3.8, 4) is 0 Å². The normalized spacial score (nSPS) is 17.5. The van der Waals surface area contributed by atoms with E-state index in [-0.39, 0.29) is 12.0 Å². The number of amides is 1. The number of fused-ring (bicyclic) bond motifs is 1. The van der Waals surface area contributed by atoms with Gasteiger partial charge in [-0.25, -0.2) is 9.59 Å². The monoisotopic (exact) mass is 611 g/mol. The molecule has 1 amide bonds. The number of nitrogens with one attached hydrogen (secondary N) is 1. The van der Waals surface area contributed by atoms with E-state index >= 15 is 0 Å². The van der Waals surface area contributed by atoms with Gasteiger partial charge in [0, 0.05) is 38.9 Å². The van der Waals surface area contributed by atoms with Crippen molar-refractivity contribution < 1.29 is 55.7 Å². The highest BCUT2D eigenvalue weighted by Gasteiger charge is 2.39. The van der Waals surface area contributed by atoms with Gasteiger partial charge in [-0.3, -0.25) is 14.4 Å². The van der Waals surface area contributed by atoms with Gasteiger partial charge in [-0.2, -0.15) is 31.4 Å². The quantitative estimate of drug-likeness (QED) is 0.420. The summed E-state index contributed by atoms with van der Waals surface area (Å²) in [5, 5.41) is 22.0. The number of likely N-dealkylation sites (N-methyl/N-ethyl adjacent to an activating group) is 1. The molecule has 1 unspecified atom stereocenters. The number of benzene rings is 1. The summed E-state index contributed by atoms with van der Waals surface area (Å²) in [4.78, 5) is 34.6. The van der Waals surface area contributed by atoms with Crippen molar-refractivity contribution in [2.75, 3.05) is 52.9 Å². The van der Waals surface area contributed by atoms with Crippen LogP contribution in [0, 0.1) is 0 Å². The first-order valence-electron chi connectivity index (χ1n) is 12.6. The third kappa shape index (κ3) is 12.0. The highest BCUT2D eigenvalue weighted by atomic mass is 19.4. The van der Waals surface area contributed by atoms with E-state index in [1.165, 1.54) is 11.1 Å². The van der Waals surface area contributed by atoms with Crippen LogP contribution in [0.5, 0.6) is 0 Å². The number of piperazine rings is 1. The molecule has 11 nitrogen and oxygen atoms in total. The van der Waals surface area contributed by atoms with Crippen LogP contribution in [0.2, 0.25) is 0 Å². The summed E-state index contributed by atoms with van der Waals surface area (Å²) in [6, 6.07) is 10.3. The van der Waals surface area contributed by atoms with Gasteiger partial charge in [0.15, 0.2) is 0 Å². The molecular formula is C25H31F6N5O6. The van der Waals surface area contributed by atoms with Gasteiger partial charge in [0.05, 0.1) is 25.4 Å². The highest BCUT2D eigenvalue weighted by molar-refractivity contribution is 5.78. The lowest BCUT2D eigenvalue weighted by Gasteiger charge is -2.32. The van der Waals surface area contributed by atoms with Crippen LogP contribution in [0.3, 0.4) is 0 Å². The first-order valence-corrected chi connectivity index (χ1v) is 12.6. The molecule has 1 atom stereocenters. The molecule has 1 fully saturated rings. The Kier molecular flexibility index (Phi) is 12.7. The maximum absolute atomic E-state index is 12.3. The molecule has 3 heterocycles. The summed E-state index contributed by atoms with van der Waals surface area (Å²) < 4.78 is 71.4. The van der Waals surface area contributed by atoms with Gasteiger partial charge < -0.3 is 25.2 Å². The molecule has 2 aliphatic rings. The van der Waals surface area contributed by atoms with Crippen LogP contribution in [0.1, 0.15) is 22.9 Å². The Hall–Kier alpha value is -3.70. The predicted octanol–water partition coefficient (Wildman–Crippen LogP) is 2.18.